The summed E-state index contributed by atoms with van der Waals surface area (Å²) in [5.41, 5.74) is 8.19. The number of nitriles is 1. The number of hydrogen-bond acceptors (Lipinski definition) is 3. The van der Waals surface area contributed by atoms with Gasteiger partial charge >= 0.3 is 0 Å². The molecule has 0 radical (unpaired) electrons. The molecule has 0 aliphatic rings. The molecule has 0 unspecified atom stereocenters. The predicted octanol–water partition coefficient (Wildman–Crippen LogP) is 10.7. The van der Waals surface area contributed by atoms with E-state index in [0.29, 0.717) is 5.56 Å². The highest BCUT2D eigenvalue weighted by Crippen LogP contribution is 2.42. The first kappa shape index (κ1) is 25.1. The van der Waals surface area contributed by atoms with Crippen LogP contribution in [0.3, 0.4) is 0 Å². The number of nitrogens with zero attached hydrogens (tertiary/aromatic N) is 2. The van der Waals surface area contributed by atoms with E-state index < -0.39 is 0 Å². The summed E-state index contributed by atoms with van der Waals surface area (Å²) in [6.07, 6.45) is 0. The smallest absolute Gasteiger partial charge is 0.0992 e. The average Bonchev–Trinajstić information content (AvgIpc) is 3.06. The van der Waals surface area contributed by atoms with Gasteiger partial charge in [0.1, 0.15) is 0 Å². The van der Waals surface area contributed by atoms with Crippen molar-refractivity contribution in [3.63, 3.8) is 0 Å². The number of hydrogen-bond donors (Lipinski definition) is 1. The number of benzene rings is 7. The minimum absolute atomic E-state index is 0.637. The van der Waals surface area contributed by atoms with E-state index in [4.69, 9.17) is 0 Å². The number of rotatable bonds is 6. The summed E-state index contributed by atoms with van der Waals surface area (Å²) in [4.78, 5) is 2.37. The average molecular weight is 538 g/mol. The molecule has 7 aromatic rings. The van der Waals surface area contributed by atoms with Gasteiger partial charge in [0.05, 0.1) is 23.0 Å². The monoisotopic (exact) mass is 537 g/mol. The maximum atomic E-state index is 9.19. The van der Waals surface area contributed by atoms with E-state index in [1.165, 1.54) is 21.5 Å². The van der Waals surface area contributed by atoms with Crippen molar-refractivity contribution in [2.75, 3.05) is 10.2 Å². The lowest BCUT2D eigenvalue weighted by molar-refractivity contribution is 1.31. The third kappa shape index (κ3) is 4.83. The van der Waals surface area contributed by atoms with Gasteiger partial charge in [0.2, 0.25) is 0 Å². The van der Waals surface area contributed by atoms with Gasteiger partial charge in [-0.3, -0.25) is 0 Å². The minimum Gasteiger partial charge on any atom is -0.355 e. The molecule has 0 heterocycles. The Bertz CT molecular complexity index is 1980. The summed E-state index contributed by atoms with van der Waals surface area (Å²) >= 11 is 0. The fraction of sp³-hybridized carbons (Fsp3) is 0. The second kappa shape index (κ2) is 11.0. The summed E-state index contributed by atoms with van der Waals surface area (Å²) in [5, 5.41) is 17.4. The number of nitrogens with one attached hydrogen (secondary N) is 1. The number of anilines is 5. The molecule has 0 aliphatic carbocycles. The molecule has 0 fully saturated rings. The van der Waals surface area contributed by atoms with Crippen LogP contribution in [0, 0.1) is 11.3 Å². The fourth-order valence-electron chi connectivity index (χ4n) is 5.60. The van der Waals surface area contributed by atoms with E-state index in [9.17, 15) is 5.26 Å². The molecule has 0 saturated heterocycles. The second-order valence-corrected chi connectivity index (χ2v) is 10.3. The normalized spacial score (nSPS) is 10.8. The topological polar surface area (TPSA) is 39.1 Å². The highest BCUT2D eigenvalue weighted by atomic mass is 15.1. The lowest BCUT2D eigenvalue weighted by Gasteiger charge is -2.28. The third-order valence-corrected chi connectivity index (χ3v) is 7.64. The van der Waals surface area contributed by atoms with Crippen LogP contribution in [0.1, 0.15) is 5.56 Å². The first-order chi connectivity index (χ1) is 20.8. The molecule has 1 N–H and O–H groups in total. The van der Waals surface area contributed by atoms with Crippen LogP contribution in [0.2, 0.25) is 0 Å². The quantitative estimate of drug-likeness (QED) is 0.229. The van der Waals surface area contributed by atoms with Gasteiger partial charge in [-0.05, 0) is 76.5 Å². The lowest BCUT2D eigenvalue weighted by Crippen LogP contribution is -2.11. The minimum atomic E-state index is 0.637. The highest BCUT2D eigenvalue weighted by molar-refractivity contribution is 6.04. The van der Waals surface area contributed by atoms with Gasteiger partial charge < -0.3 is 10.2 Å². The van der Waals surface area contributed by atoms with E-state index in [0.717, 1.165) is 39.6 Å². The largest absolute Gasteiger partial charge is 0.355 e. The van der Waals surface area contributed by atoms with Crippen LogP contribution in [0.15, 0.2) is 158 Å². The van der Waals surface area contributed by atoms with E-state index in [1.807, 2.05) is 18.2 Å². The van der Waals surface area contributed by atoms with E-state index in [1.54, 1.807) is 6.07 Å². The summed E-state index contributed by atoms with van der Waals surface area (Å²) in [5.74, 6) is 0. The molecule has 198 valence electrons. The van der Waals surface area contributed by atoms with Gasteiger partial charge in [0.15, 0.2) is 0 Å². The Hall–Kier alpha value is -5.85. The van der Waals surface area contributed by atoms with Crippen LogP contribution in [0.4, 0.5) is 28.4 Å². The maximum Gasteiger partial charge on any atom is 0.0992 e. The van der Waals surface area contributed by atoms with E-state index in [2.05, 4.69) is 150 Å². The molecule has 3 nitrogen and oxygen atoms in total. The van der Waals surface area contributed by atoms with E-state index in [-0.39, 0.29) is 0 Å². The van der Waals surface area contributed by atoms with E-state index >= 15 is 0 Å². The SMILES string of the molecule is N#Cc1cccc(Nc2ccc(-c3ccc(N(c4cccc5ccccc45)c4cccc5ccccc45)cc3)cc2)c1. The maximum absolute atomic E-state index is 9.19. The van der Waals surface area contributed by atoms with Crippen molar-refractivity contribution < 1.29 is 0 Å². The zero-order valence-corrected chi connectivity index (χ0v) is 22.9. The van der Waals surface area contributed by atoms with Crippen molar-refractivity contribution in [1.29, 1.82) is 5.26 Å². The molecule has 3 heteroatoms. The summed E-state index contributed by atoms with van der Waals surface area (Å²) in [6, 6.07) is 57.0. The van der Waals surface area contributed by atoms with Crippen LogP contribution in [-0.2, 0) is 0 Å². The first-order valence-corrected chi connectivity index (χ1v) is 14.0. The van der Waals surface area contributed by atoms with Gasteiger partial charge in [-0.2, -0.15) is 5.26 Å². The fourth-order valence-corrected chi connectivity index (χ4v) is 5.60. The molecule has 0 amide bonds. The molecule has 0 atom stereocenters. The van der Waals surface area contributed by atoms with Crippen LogP contribution in [0.5, 0.6) is 0 Å². The van der Waals surface area contributed by atoms with Crippen molar-refractivity contribution >= 4 is 50.0 Å². The van der Waals surface area contributed by atoms with Gasteiger partial charge in [-0.1, -0.05) is 103 Å². The molecular weight excluding hydrogens is 510 g/mol. The Morgan fingerprint density at radius 3 is 1.60 bits per heavy atom. The Morgan fingerprint density at radius 2 is 1.00 bits per heavy atom. The van der Waals surface area contributed by atoms with Gasteiger partial charge in [0, 0.05) is 27.8 Å². The zero-order chi connectivity index (χ0) is 28.3. The predicted molar refractivity (Wildman–Crippen MR) is 176 cm³/mol. The molecular formula is C39H27N3. The molecule has 42 heavy (non-hydrogen) atoms. The van der Waals surface area contributed by atoms with Crippen LogP contribution in [0.25, 0.3) is 32.7 Å². The van der Waals surface area contributed by atoms with Gasteiger partial charge in [0.25, 0.3) is 0 Å². The second-order valence-electron chi connectivity index (χ2n) is 10.3. The zero-order valence-electron chi connectivity index (χ0n) is 22.9. The van der Waals surface area contributed by atoms with Crippen molar-refractivity contribution in [3.05, 3.63) is 163 Å². The van der Waals surface area contributed by atoms with Gasteiger partial charge in [-0.15, -0.1) is 0 Å². The van der Waals surface area contributed by atoms with Crippen molar-refractivity contribution in [1.82, 2.24) is 0 Å². The third-order valence-electron chi connectivity index (χ3n) is 7.64. The molecule has 0 saturated carbocycles. The molecule has 0 bridgehead atoms. The summed E-state index contributed by atoms with van der Waals surface area (Å²) < 4.78 is 0. The molecule has 0 aliphatic heterocycles. The van der Waals surface area contributed by atoms with Crippen molar-refractivity contribution in [3.8, 4) is 17.2 Å². The molecule has 0 aromatic heterocycles. The first-order valence-electron chi connectivity index (χ1n) is 14.0. The van der Waals surface area contributed by atoms with Crippen LogP contribution >= 0.6 is 0 Å². The van der Waals surface area contributed by atoms with Crippen LogP contribution in [-0.4, -0.2) is 0 Å². The summed E-state index contributed by atoms with van der Waals surface area (Å²) in [6.45, 7) is 0. The Morgan fingerprint density at radius 1 is 0.476 bits per heavy atom. The molecule has 0 spiro atoms. The van der Waals surface area contributed by atoms with Crippen molar-refractivity contribution in [2.45, 2.75) is 0 Å². The summed E-state index contributed by atoms with van der Waals surface area (Å²) in [7, 11) is 0. The number of fused-ring (bicyclic) bond motifs is 2. The molecule has 7 aromatic carbocycles. The highest BCUT2D eigenvalue weighted by Gasteiger charge is 2.17. The van der Waals surface area contributed by atoms with Gasteiger partial charge in [-0.25, -0.2) is 0 Å². The Kier molecular flexibility index (Phi) is 6.56. The van der Waals surface area contributed by atoms with Crippen LogP contribution < -0.4 is 10.2 Å². The molecule has 7 rings (SSSR count). The Balaban J connectivity index is 1.26. The Labute approximate surface area is 245 Å². The van der Waals surface area contributed by atoms with Crippen molar-refractivity contribution in [2.24, 2.45) is 0 Å². The lowest BCUT2D eigenvalue weighted by atomic mass is 10.0. The standard InChI is InChI=1S/C39H27N3/c40-27-28-8-5-13-34(26-28)41-33-22-18-29(19-23-33)30-20-24-35(25-21-30)42(38-16-6-11-31-9-1-3-14-36(31)38)39-17-7-12-32-10-2-4-15-37(32)39/h1-26,41H.